The van der Waals surface area contributed by atoms with E-state index in [1.54, 1.807) is 18.2 Å². The number of carbonyl (C=O) groups is 1. The molecule has 2 aromatic carbocycles. The van der Waals surface area contributed by atoms with Crippen LogP contribution < -0.4 is 10.6 Å². The Bertz CT molecular complexity index is 737. The third-order valence-electron chi connectivity index (χ3n) is 4.47. The lowest BCUT2D eigenvalue weighted by atomic mass is 9.99. The van der Waals surface area contributed by atoms with E-state index in [0.29, 0.717) is 11.1 Å². The molecule has 0 radical (unpaired) electrons. The number of carbonyl (C=O) groups excluding carboxylic acids is 1. The Morgan fingerprint density at radius 2 is 1.80 bits per heavy atom. The average molecular weight is 367 g/mol. The molecule has 0 aliphatic carbocycles. The Morgan fingerprint density at radius 3 is 2.44 bits per heavy atom. The lowest BCUT2D eigenvalue weighted by molar-refractivity contribution is 0.0916. The first kappa shape index (κ1) is 19.3. The second-order valence-corrected chi connectivity index (χ2v) is 6.17. The molecule has 0 bridgehead atoms. The zero-order chi connectivity index (χ0) is 17.1. The Morgan fingerprint density at radius 1 is 1.12 bits per heavy atom. The topological polar surface area (TPSA) is 41.1 Å². The van der Waals surface area contributed by atoms with E-state index < -0.39 is 11.7 Å². The van der Waals surface area contributed by atoms with Crippen LogP contribution in [-0.4, -0.2) is 24.5 Å². The van der Waals surface area contributed by atoms with Crippen molar-refractivity contribution in [2.45, 2.75) is 31.8 Å². The molecule has 2 atom stereocenters. The van der Waals surface area contributed by atoms with E-state index in [9.17, 15) is 13.6 Å². The monoisotopic (exact) mass is 366 g/mol. The summed E-state index contributed by atoms with van der Waals surface area (Å²) in [6, 6.07) is 10.4. The van der Waals surface area contributed by atoms with Crippen molar-refractivity contribution in [3.05, 3.63) is 59.7 Å². The van der Waals surface area contributed by atoms with Gasteiger partial charge in [0.05, 0.1) is 5.56 Å². The summed E-state index contributed by atoms with van der Waals surface area (Å²) in [4.78, 5) is 12.3. The van der Waals surface area contributed by atoms with E-state index in [4.69, 9.17) is 0 Å². The van der Waals surface area contributed by atoms with Crippen LogP contribution in [0.1, 0.15) is 30.1 Å². The molecule has 1 amide bonds. The fraction of sp³-hybridized carbons (Fsp3) is 0.316. The molecule has 25 heavy (non-hydrogen) atoms. The Balaban J connectivity index is 0.00000225. The summed E-state index contributed by atoms with van der Waals surface area (Å²) < 4.78 is 27.3. The van der Waals surface area contributed by atoms with Gasteiger partial charge in [0, 0.05) is 12.1 Å². The molecule has 0 aromatic heterocycles. The van der Waals surface area contributed by atoms with Crippen LogP contribution in [0.3, 0.4) is 0 Å². The average Bonchev–Trinajstić information content (AvgIpc) is 2.57. The zero-order valence-corrected chi connectivity index (χ0v) is 14.7. The molecule has 1 heterocycles. The second-order valence-electron chi connectivity index (χ2n) is 6.17. The molecular weight excluding hydrogens is 346 g/mol. The molecular formula is C19H21ClF2N2O. The summed E-state index contributed by atoms with van der Waals surface area (Å²) in [7, 11) is 0. The van der Waals surface area contributed by atoms with Crippen molar-refractivity contribution in [3.63, 3.8) is 0 Å². The number of amides is 1. The lowest BCUT2D eigenvalue weighted by Crippen LogP contribution is -2.52. The van der Waals surface area contributed by atoms with E-state index in [-0.39, 0.29) is 35.9 Å². The summed E-state index contributed by atoms with van der Waals surface area (Å²) in [6.07, 6.45) is 1.87. The molecule has 3 rings (SSSR count). The van der Waals surface area contributed by atoms with E-state index >= 15 is 0 Å². The molecule has 134 valence electrons. The maximum Gasteiger partial charge on any atom is 0.254 e. The van der Waals surface area contributed by atoms with E-state index in [1.807, 2.05) is 6.92 Å². The predicted molar refractivity (Wildman–Crippen MR) is 97.0 cm³/mol. The fourth-order valence-corrected chi connectivity index (χ4v) is 3.01. The third-order valence-corrected chi connectivity index (χ3v) is 4.47. The summed E-state index contributed by atoms with van der Waals surface area (Å²) in [6.45, 7) is 2.95. The highest BCUT2D eigenvalue weighted by Gasteiger charge is 2.24. The van der Waals surface area contributed by atoms with Crippen LogP contribution in [0.5, 0.6) is 0 Å². The standard InChI is InChI=1S/C19H20F2N2O.ClH/c1-12-18(3-2-10-22-12)23-19(24)16-9-6-14(11-17(16)21)13-4-7-15(20)8-5-13;/h4-9,11-12,18,22H,2-3,10H2,1H3,(H,23,24);1H. The van der Waals surface area contributed by atoms with Crippen molar-refractivity contribution in [3.8, 4) is 11.1 Å². The van der Waals surface area contributed by atoms with Gasteiger partial charge in [-0.2, -0.15) is 0 Å². The maximum atomic E-state index is 14.4. The van der Waals surface area contributed by atoms with Crippen molar-refractivity contribution < 1.29 is 13.6 Å². The molecule has 1 aliphatic rings. The van der Waals surface area contributed by atoms with E-state index in [2.05, 4.69) is 10.6 Å². The molecule has 0 spiro atoms. The highest BCUT2D eigenvalue weighted by Crippen LogP contribution is 2.22. The van der Waals surface area contributed by atoms with Gasteiger partial charge in [0.2, 0.25) is 0 Å². The maximum absolute atomic E-state index is 14.4. The third kappa shape index (κ3) is 4.55. The molecule has 2 aromatic rings. The number of piperidine rings is 1. The predicted octanol–water partition coefficient (Wildman–Crippen LogP) is 3.92. The van der Waals surface area contributed by atoms with Gasteiger partial charge < -0.3 is 10.6 Å². The van der Waals surface area contributed by atoms with Gasteiger partial charge in [0.1, 0.15) is 11.6 Å². The lowest BCUT2D eigenvalue weighted by Gasteiger charge is -2.30. The van der Waals surface area contributed by atoms with Crippen LogP contribution in [0.15, 0.2) is 42.5 Å². The zero-order valence-electron chi connectivity index (χ0n) is 13.9. The highest BCUT2D eigenvalue weighted by molar-refractivity contribution is 5.95. The molecule has 1 saturated heterocycles. The van der Waals surface area contributed by atoms with Gasteiger partial charge in [-0.05, 0) is 61.7 Å². The van der Waals surface area contributed by atoms with Gasteiger partial charge in [-0.1, -0.05) is 18.2 Å². The minimum Gasteiger partial charge on any atom is -0.348 e. The first-order valence-electron chi connectivity index (χ1n) is 8.14. The number of hydrogen-bond donors (Lipinski definition) is 2. The number of benzene rings is 2. The molecule has 6 heteroatoms. The van der Waals surface area contributed by atoms with Crippen molar-refractivity contribution in [1.29, 1.82) is 0 Å². The number of hydrogen-bond acceptors (Lipinski definition) is 2. The number of rotatable bonds is 3. The highest BCUT2D eigenvalue weighted by atomic mass is 35.5. The number of nitrogens with one attached hydrogen (secondary N) is 2. The summed E-state index contributed by atoms with van der Waals surface area (Å²) in [5.74, 6) is -1.32. The number of halogens is 3. The minimum absolute atomic E-state index is 0. The summed E-state index contributed by atoms with van der Waals surface area (Å²) >= 11 is 0. The molecule has 0 saturated carbocycles. The molecule has 2 N–H and O–H groups in total. The SMILES string of the molecule is CC1NCCCC1NC(=O)c1ccc(-c2ccc(F)cc2)cc1F.Cl. The van der Waals surface area contributed by atoms with Gasteiger partial charge in [-0.15, -0.1) is 12.4 Å². The second kappa shape index (κ2) is 8.41. The van der Waals surface area contributed by atoms with E-state index in [1.165, 1.54) is 24.3 Å². The Hall–Kier alpha value is -1.98. The minimum atomic E-state index is -0.578. The van der Waals surface area contributed by atoms with Crippen molar-refractivity contribution >= 4 is 18.3 Å². The molecule has 2 unspecified atom stereocenters. The first-order valence-corrected chi connectivity index (χ1v) is 8.14. The largest absolute Gasteiger partial charge is 0.348 e. The van der Waals surface area contributed by atoms with Gasteiger partial charge in [0.15, 0.2) is 0 Å². The quantitative estimate of drug-likeness (QED) is 0.864. The van der Waals surface area contributed by atoms with Crippen LogP contribution in [-0.2, 0) is 0 Å². The van der Waals surface area contributed by atoms with Crippen molar-refractivity contribution in [2.24, 2.45) is 0 Å². The van der Waals surface area contributed by atoms with E-state index in [0.717, 1.165) is 19.4 Å². The van der Waals surface area contributed by atoms with Crippen LogP contribution >= 0.6 is 12.4 Å². The summed E-state index contributed by atoms with van der Waals surface area (Å²) in [5, 5.41) is 6.20. The molecule has 1 fully saturated rings. The van der Waals surface area contributed by atoms with Gasteiger partial charge in [-0.3, -0.25) is 4.79 Å². The molecule has 3 nitrogen and oxygen atoms in total. The smallest absolute Gasteiger partial charge is 0.254 e. The van der Waals surface area contributed by atoms with Gasteiger partial charge in [0.25, 0.3) is 5.91 Å². The normalized spacial score (nSPS) is 19.8. The Kier molecular flexibility index (Phi) is 6.51. The summed E-state index contributed by atoms with van der Waals surface area (Å²) in [5.41, 5.74) is 1.34. The van der Waals surface area contributed by atoms with Crippen LogP contribution in [0.25, 0.3) is 11.1 Å². The van der Waals surface area contributed by atoms with Crippen molar-refractivity contribution in [1.82, 2.24) is 10.6 Å². The fourth-order valence-electron chi connectivity index (χ4n) is 3.01. The van der Waals surface area contributed by atoms with Crippen molar-refractivity contribution in [2.75, 3.05) is 6.54 Å². The van der Waals surface area contributed by atoms with Crippen LogP contribution in [0.4, 0.5) is 8.78 Å². The van der Waals surface area contributed by atoms with Crippen LogP contribution in [0.2, 0.25) is 0 Å². The molecule has 1 aliphatic heterocycles. The Labute approximate surface area is 152 Å². The van der Waals surface area contributed by atoms with Gasteiger partial charge >= 0.3 is 0 Å². The van der Waals surface area contributed by atoms with Crippen LogP contribution in [0, 0.1) is 11.6 Å². The first-order chi connectivity index (χ1) is 11.5. The van der Waals surface area contributed by atoms with Gasteiger partial charge in [-0.25, -0.2) is 8.78 Å².